The molecule has 0 saturated carbocycles. The van der Waals surface area contributed by atoms with Crippen LogP contribution in [0.15, 0.2) is 24.3 Å². The van der Waals surface area contributed by atoms with Gasteiger partial charge in [0.25, 0.3) is 0 Å². The third-order valence-corrected chi connectivity index (χ3v) is 3.54. The molecule has 2 rings (SSSR count). The number of ketones is 1. The van der Waals surface area contributed by atoms with Gasteiger partial charge in [-0.1, -0.05) is 24.3 Å². The summed E-state index contributed by atoms with van der Waals surface area (Å²) in [5.41, 5.74) is 1.67. The molecule has 4 heteroatoms. The third kappa shape index (κ3) is 2.59. The van der Waals surface area contributed by atoms with Gasteiger partial charge >= 0.3 is 5.97 Å². The van der Waals surface area contributed by atoms with Gasteiger partial charge < -0.3 is 10.4 Å². The molecule has 2 atom stereocenters. The van der Waals surface area contributed by atoms with E-state index < -0.39 is 5.97 Å². The second kappa shape index (κ2) is 5.31. The largest absolute Gasteiger partial charge is 0.481 e. The molecule has 0 aliphatic carbocycles. The first-order chi connectivity index (χ1) is 8.59. The highest BCUT2D eigenvalue weighted by atomic mass is 16.4. The van der Waals surface area contributed by atoms with E-state index in [-0.39, 0.29) is 17.6 Å². The zero-order valence-corrected chi connectivity index (χ0v) is 10.3. The Morgan fingerprint density at radius 1 is 1.28 bits per heavy atom. The predicted octanol–water partition coefficient (Wildman–Crippen LogP) is 1.67. The summed E-state index contributed by atoms with van der Waals surface area (Å²) < 4.78 is 0. The second-order valence-corrected chi connectivity index (χ2v) is 4.72. The van der Waals surface area contributed by atoms with Crippen LogP contribution < -0.4 is 5.32 Å². The summed E-state index contributed by atoms with van der Waals surface area (Å²) >= 11 is 0. The van der Waals surface area contributed by atoms with E-state index in [2.05, 4.69) is 5.32 Å². The lowest BCUT2D eigenvalue weighted by atomic mass is 9.81. The molecule has 1 aliphatic rings. The van der Waals surface area contributed by atoms with Gasteiger partial charge in [0.2, 0.25) is 0 Å². The molecule has 96 valence electrons. The van der Waals surface area contributed by atoms with Crippen molar-refractivity contribution in [1.82, 2.24) is 5.32 Å². The molecule has 0 amide bonds. The number of carbonyl (C=O) groups is 2. The van der Waals surface area contributed by atoms with Crippen molar-refractivity contribution in [2.24, 2.45) is 5.92 Å². The molecular weight excluding hydrogens is 230 g/mol. The van der Waals surface area contributed by atoms with Crippen LogP contribution in [0.4, 0.5) is 0 Å². The standard InChI is InChI=1S/C14H17NO3/c1-9(16)10-2-4-11(5-3-10)12-6-7-15-8-13(12)14(17)18/h2-5,12-13,15H,6-8H2,1H3,(H,17,18). The third-order valence-electron chi connectivity index (χ3n) is 3.54. The molecule has 0 radical (unpaired) electrons. The van der Waals surface area contributed by atoms with Gasteiger partial charge in [-0.3, -0.25) is 9.59 Å². The Labute approximate surface area is 106 Å². The van der Waals surface area contributed by atoms with E-state index in [1.807, 2.05) is 12.1 Å². The molecule has 1 aromatic rings. The van der Waals surface area contributed by atoms with Crippen LogP contribution in [0.25, 0.3) is 0 Å². The van der Waals surface area contributed by atoms with Gasteiger partial charge in [0.05, 0.1) is 5.92 Å². The highest BCUT2D eigenvalue weighted by Gasteiger charge is 2.31. The maximum Gasteiger partial charge on any atom is 0.308 e. The first kappa shape index (κ1) is 12.8. The van der Waals surface area contributed by atoms with E-state index in [1.54, 1.807) is 12.1 Å². The topological polar surface area (TPSA) is 66.4 Å². The van der Waals surface area contributed by atoms with E-state index >= 15 is 0 Å². The van der Waals surface area contributed by atoms with Gasteiger partial charge in [0.1, 0.15) is 0 Å². The van der Waals surface area contributed by atoms with Crippen molar-refractivity contribution < 1.29 is 14.7 Å². The number of hydrogen-bond donors (Lipinski definition) is 2. The molecule has 18 heavy (non-hydrogen) atoms. The minimum Gasteiger partial charge on any atom is -0.481 e. The molecule has 2 unspecified atom stereocenters. The van der Waals surface area contributed by atoms with Crippen LogP contribution in [0.1, 0.15) is 35.2 Å². The van der Waals surface area contributed by atoms with E-state index in [9.17, 15) is 14.7 Å². The summed E-state index contributed by atoms with van der Waals surface area (Å²) in [4.78, 5) is 22.4. The fraction of sp³-hybridized carbons (Fsp3) is 0.429. The molecule has 1 aliphatic heterocycles. The zero-order chi connectivity index (χ0) is 13.1. The Bertz CT molecular complexity index is 453. The van der Waals surface area contributed by atoms with Gasteiger partial charge in [-0.2, -0.15) is 0 Å². The molecule has 1 saturated heterocycles. The van der Waals surface area contributed by atoms with Crippen LogP contribution in [-0.2, 0) is 4.79 Å². The number of aliphatic carboxylic acids is 1. The second-order valence-electron chi connectivity index (χ2n) is 4.72. The summed E-state index contributed by atoms with van der Waals surface area (Å²) in [6, 6.07) is 7.31. The minimum absolute atomic E-state index is 0.0293. The van der Waals surface area contributed by atoms with Gasteiger partial charge in [0.15, 0.2) is 5.78 Å². The molecular formula is C14H17NO3. The number of benzene rings is 1. The molecule has 4 nitrogen and oxygen atoms in total. The van der Waals surface area contributed by atoms with E-state index in [0.29, 0.717) is 12.1 Å². The Hall–Kier alpha value is -1.68. The predicted molar refractivity (Wildman–Crippen MR) is 67.8 cm³/mol. The number of carboxylic acids is 1. The highest BCUT2D eigenvalue weighted by Crippen LogP contribution is 2.30. The first-order valence-corrected chi connectivity index (χ1v) is 6.14. The molecule has 2 N–H and O–H groups in total. The summed E-state index contributed by atoms with van der Waals surface area (Å²) in [6.07, 6.45) is 0.816. The average molecular weight is 247 g/mol. The van der Waals surface area contributed by atoms with Gasteiger partial charge in [-0.25, -0.2) is 0 Å². The number of Topliss-reactive ketones (excluding diaryl/α,β-unsaturated/α-hetero) is 1. The van der Waals surface area contributed by atoms with Crippen LogP contribution in [0.5, 0.6) is 0 Å². The SMILES string of the molecule is CC(=O)c1ccc(C2CCNCC2C(=O)O)cc1. The number of rotatable bonds is 3. The lowest BCUT2D eigenvalue weighted by Crippen LogP contribution is -2.39. The van der Waals surface area contributed by atoms with Crippen molar-refractivity contribution in [3.63, 3.8) is 0 Å². The molecule has 0 aromatic heterocycles. The van der Waals surface area contributed by atoms with Crippen molar-refractivity contribution in [2.75, 3.05) is 13.1 Å². The molecule has 0 bridgehead atoms. The number of carboxylic acid groups (broad SMARTS) is 1. The maximum absolute atomic E-state index is 11.2. The number of hydrogen-bond acceptors (Lipinski definition) is 3. The normalized spacial score (nSPS) is 23.6. The Morgan fingerprint density at radius 3 is 2.50 bits per heavy atom. The first-order valence-electron chi connectivity index (χ1n) is 6.14. The summed E-state index contributed by atoms with van der Waals surface area (Å²) in [7, 11) is 0. The van der Waals surface area contributed by atoms with Crippen LogP contribution in [0.2, 0.25) is 0 Å². The number of piperidine rings is 1. The average Bonchev–Trinajstić information content (AvgIpc) is 2.39. The van der Waals surface area contributed by atoms with Crippen LogP contribution in [-0.4, -0.2) is 29.9 Å². The minimum atomic E-state index is -0.761. The fourth-order valence-corrected chi connectivity index (χ4v) is 2.48. The summed E-state index contributed by atoms with van der Waals surface area (Å²) in [6.45, 7) is 2.87. The maximum atomic E-state index is 11.2. The molecule has 0 spiro atoms. The lowest BCUT2D eigenvalue weighted by Gasteiger charge is -2.29. The van der Waals surface area contributed by atoms with E-state index in [0.717, 1.165) is 18.5 Å². The molecule has 1 aromatic carbocycles. The smallest absolute Gasteiger partial charge is 0.308 e. The Kier molecular flexibility index (Phi) is 3.77. The van der Waals surface area contributed by atoms with Crippen molar-refractivity contribution >= 4 is 11.8 Å². The van der Waals surface area contributed by atoms with Crippen molar-refractivity contribution in [1.29, 1.82) is 0 Å². The van der Waals surface area contributed by atoms with E-state index in [1.165, 1.54) is 6.92 Å². The number of carbonyl (C=O) groups excluding carboxylic acids is 1. The van der Waals surface area contributed by atoms with Crippen molar-refractivity contribution in [3.05, 3.63) is 35.4 Å². The molecule has 1 fully saturated rings. The quantitative estimate of drug-likeness (QED) is 0.797. The Morgan fingerprint density at radius 2 is 1.94 bits per heavy atom. The monoisotopic (exact) mass is 247 g/mol. The van der Waals surface area contributed by atoms with Crippen molar-refractivity contribution in [3.8, 4) is 0 Å². The van der Waals surface area contributed by atoms with Gasteiger partial charge in [-0.05, 0) is 31.4 Å². The zero-order valence-electron chi connectivity index (χ0n) is 10.3. The lowest BCUT2D eigenvalue weighted by molar-refractivity contribution is -0.142. The Balaban J connectivity index is 2.23. The van der Waals surface area contributed by atoms with Gasteiger partial charge in [0, 0.05) is 12.1 Å². The fourth-order valence-electron chi connectivity index (χ4n) is 2.48. The highest BCUT2D eigenvalue weighted by molar-refractivity contribution is 5.94. The van der Waals surface area contributed by atoms with Crippen molar-refractivity contribution in [2.45, 2.75) is 19.3 Å². The number of nitrogens with one attached hydrogen (secondary N) is 1. The van der Waals surface area contributed by atoms with Crippen LogP contribution >= 0.6 is 0 Å². The molecule has 1 heterocycles. The van der Waals surface area contributed by atoms with E-state index in [4.69, 9.17) is 0 Å². The summed E-state index contributed by atoms with van der Waals surface area (Å²) in [5.74, 6) is -1.09. The van der Waals surface area contributed by atoms with Gasteiger partial charge in [-0.15, -0.1) is 0 Å². The summed E-state index contributed by atoms with van der Waals surface area (Å²) in [5, 5.41) is 12.3. The van der Waals surface area contributed by atoms with Crippen LogP contribution in [0.3, 0.4) is 0 Å². The van der Waals surface area contributed by atoms with Crippen LogP contribution in [0, 0.1) is 5.92 Å².